The molecule has 1 fully saturated rings. The number of benzene rings is 1. The molecule has 4 N–H and O–H groups in total. The van der Waals surface area contributed by atoms with Crippen LogP contribution in [0.15, 0.2) is 54.6 Å². The second-order valence-electron chi connectivity index (χ2n) is 8.35. The number of aliphatic carboxylic acids is 1. The van der Waals surface area contributed by atoms with E-state index in [0.717, 1.165) is 6.42 Å². The van der Waals surface area contributed by atoms with Gasteiger partial charge in [0.1, 0.15) is 0 Å². The molecule has 1 aromatic carbocycles. The lowest BCUT2D eigenvalue weighted by molar-refractivity contribution is -0.137. The molecule has 2 aromatic rings. The minimum atomic E-state index is -0.793. The number of rotatable bonds is 11. The predicted molar refractivity (Wildman–Crippen MR) is 124 cm³/mol. The van der Waals surface area contributed by atoms with Gasteiger partial charge >= 0.3 is 5.97 Å². The number of carboxylic acids is 1. The maximum absolute atomic E-state index is 10.5. The van der Waals surface area contributed by atoms with Crippen molar-refractivity contribution >= 4 is 27.4 Å². The number of aryl methyl sites for hydroxylation is 1. The van der Waals surface area contributed by atoms with E-state index in [9.17, 15) is 20.1 Å². The highest BCUT2D eigenvalue weighted by molar-refractivity contribution is 7.19. The highest BCUT2D eigenvalue weighted by atomic mass is 32.1. The fraction of sp³-hybridized carbons (Fsp3) is 0.480. The first kappa shape index (κ1) is 23.7. The van der Waals surface area contributed by atoms with Crippen molar-refractivity contribution in [2.24, 2.45) is 11.8 Å². The van der Waals surface area contributed by atoms with Gasteiger partial charge in [0, 0.05) is 28.3 Å². The molecule has 5 atom stereocenters. The van der Waals surface area contributed by atoms with Gasteiger partial charge in [0.25, 0.3) is 0 Å². The molecule has 1 heterocycles. The molecule has 1 aromatic heterocycles. The van der Waals surface area contributed by atoms with Crippen LogP contribution in [0.4, 0.5) is 0 Å². The summed E-state index contributed by atoms with van der Waals surface area (Å²) in [6.07, 6.45) is 9.54. The normalized spacial score (nSPS) is 25.1. The third kappa shape index (κ3) is 7.01. The molecular weight excluding hydrogens is 412 g/mol. The van der Waals surface area contributed by atoms with Crippen LogP contribution in [-0.4, -0.2) is 44.7 Å². The van der Waals surface area contributed by atoms with E-state index >= 15 is 0 Å². The number of unbranched alkanes of at least 4 members (excludes halogenated alkanes) is 1. The number of hydrogen-bond donors (Lipinski definition) is 4. The van der Waals surface area contributed by atoms with Crippen LogP contribution in [-0.2, 0) is 11.2 Å². The van der Waals surface area contributed by atoms with Gasteiger partial charge in [-0.1, -0.05) is 42.5 Å². The monoisotopic (exact) mass is 444 g/mol. The van der Waals surface area contributed by atoms with Crippen molar-refractivity contribution in [2.75, 3.05) is 0 Å². The first-order valence-electron chi connectivity index (χ1n) is 11.0. The largest absolute Gasteiger partial charge is 0.481 e. The minimum Gasteiger partial charge on any atom is -0.481 e. The lowest BCUT2D eigenvalue weighted by atomic mass is 9.89. The summed E-state index contributed by atoms with van der Waals surface area (Å²) >= 11 is 1.75. The van der Waals surface area contributed by atoms with E-state index < -0.39 is 24.3 Å². The van der Waals surface area contributed by atoms with Crippen LogP contribution in [0.3, 0.4) is 0 Å². The van der Waals surface area contributed by atoms with Crippen molar-refractivity contribution in [3.8, 4) is 0 Å². The van der Waals surface area contributed by atoms with E-state index in [1.807, 2.05) is 30.4 Å². The first-order chi connectivity index (χ1) is 14.9. The molecule has 0 bridgehead atoms. The van der Waals surface area contributed by atoms with Gasteiger partial charge in [-0.2, -0.15) is 0 Å². The molecule has 168 valence electrons. The first-order valence-corrected chi connectivity index (χ1v) is 11.8. The zero-order valence-electron chi connectivity index (χ0n) is 17.6. The fourth-order valence-electron chi connectivity index (χ4n) is 4.25. The van der Waals surface area contributed by atoms with Gasteiger partial charge in [0.15, 0.2) is 0 Å². The number of fused-ring (bicyclic) bond motifs is 1. The molecule has 0 aliphatic heterocycles. The van der Waals surface area contributed by atoms with Crippen molar-refractivity contribution in [1.29, 1.82) is 0 Å². The van der Waals surface area contributed by atoms with E-state index in [0.29, 0.717) is 32.1 Å². The van der Waals surface area contributed by atoms with Crippen molar-refractivity contribution in [3.05, 3.63) is 59.5 Å². The zero-order chi connectivity index (χ0) is 22.2. The summed E-state index contributed by atoms with van der Waals surface area (Å²) in [7, 11) is 0. The van der Waals surface area contributed by atoms with Crippen molar-refractivity contribution in [1.82, 2.24) is 0 Å². The highest BCUT2D eigenvalue weighted by Crippen LogP contribution is 2.36. The van der Waals surface area contributed by atoms with Crippen LogP contribution < -0.4 is 0 Å². The SMILES string of the molecule is O=C(O)CCCC=CCC1C(O)CC(O)C1C=CC(O)CCc1cc2ccccc2s1. The molecule has 0 radical (unpaired) electrons. The summed E-state index contributed by atoms with van der Waals surface area (Å²) in [5.41, 5.74) is 0. The standard InChI is InChI=1S/C25H32O5S/c26-18(11-13-19-15-17-7-5-6-9-24(17)31-19)12-14-21-20(22(27)16-23(21)28)8-3-1-2-4-10-25(29)30/h1,3,5-7,9,12,14-15,18,20-23,26-28H,2,4,8,10-11,13,16H2,(H,29,30). The van der Waals surface area contributed by atoms with E-state index in [2.05, 4.69) is 18.2 Å². The van der Waals surface area contributed by atoms with Crippen LogP contribution in [0, 0.1) is 11.8 Å². The molecule has 6 heteroatoms. The third-order valence-electron chi connectivity index (χ3n) is 5.97. The number of aliphatic hydroxyl groups is 3. The molecule has 5 nitrogen and oxygen atoms in total. The summed E-state index contributed by atoms with van der Waals surface area (Å²) in [6.45, 7) is 0. The number of carbonyl (C=O) groups is 1. The van der Waals surface area contributed by atoms with Gasteiger partial charge in [-0.25, -0.2) is 0 Å². The molecule has 1 saturated carbocycles. The number of carboxylic acid groups (broad SMARTS) is 1. The van der Waals surface area contributed by atoms with Crippen LogP contribution in [0.25, 0.3) is 10.1 Å². The molecular formula is C25H32O5S. The Morgan fingerprint density at radius 1 is 1.19 bits per heavy atom. The van der Waals surface area contributed by atoms with Crippen LogP contribution in [0.5, 0.6) is 0 Å². The quantitative estimate of drug-likeness (QED) is 0.306. The van der Waals surface area contributed by atoms with Gasteiger partial charge in [-0.15, -0.1) is 11.3 Å². The third-order valence-corrected chi connectivity index (χ3v) is 7.15. The molecule has 1 aliphatic carbocycles. The molecule has 1 aliphatic rings. The Bertz CT molecular complexity index is 869. The summed E-state index contributed by atoms with van der Waals surface area (Å²) < 4.78 is 1.25. The van der Waals surface area contributed by atoms with E-state index in [1.54, 1.807) is 17.4 Å². The van der Waals surface area contributed by atoms with E-state index in [-0.39, 0.29) is 18.3 Å². The Hall–Kier alpha value is -1.99. The lowest BCUT2D eigenvalue weighted by Gasteiger charge is -2.19. The Balaban J connectivity index is 1.49. The molecule has 0 spiro atoms. The van der Waals surface area contributed by atoms with Crippen molar-refractivity contribution in [3.63, 3.8) is 0 Å². The molecule has 0 amide bonds. The number of thiophene rings is 1. The predicted octanol–water partition coefficient (Wildman–Crippen LogP) is 4.31. The Kier molecular flexibility index (Phi) is 8.84. The lowest BCUT2D eigenvalue weighted by Crippen LogP contribution is -2.20. The van der Waals surface area contributed by atoms with Crippen LogP contribution in [0.2, 0.25) is 0 Å². The van der Waals surface area contributed by atoms with Crippen molar-refractivity contribution < 1.29 is 25.2 Å². The van der Waals surface area contributed by atoms with Gasteiger partial charge < -0.3 is 20.4 Å². The fourth-order valence-corrected chi connectivity index (χ4v) is 5.33. The molecule has 31 heavy (non-hydrogen) atoms. The average molecular weight is 445 g/mol. The van der Waals surface area contributed by atoms with E-state index in [1.165, 1.54) is 15.0 Å². The summed E-state index contributed by atoms with van der Waals surface area (Å²) in [5.74, 6) is -1.09. The second kappa shape index (κ2) is 11.6. The summed E-state index contributed by atoms with van der Waals surface area (Å²) in [5, 5.41) is 41.0. The van der Waals surface area contributed by atoms with Gasteiger partial charge in [-0.3, -0.25) is 4.79 Å². The number of aliphatic hydroxyl groups excluding tert-OH is 3. The van der Waals surface area contributed by atoms with Gasteiger partial charge in [0.2, 0.25) is 0 Å². The smallest absolute Gasteiger partial charge is 0.303 e. The van der Waals surface area contributed by atoms with Gasteiger partial charge in [-0.05, 0) is 55.5 Å². The van der Waals surface area contributed by atoms with Crippen LogP contribution in [0.1, 0.15) is 43.4 Å². The average Bonchev–Trinajstić information content (AvgIpc) is 3.27. The maximum atomic E-state index is 10.5. The second-order valence-corrected chi connectivity index (χ2v) is 9.51. The molecule has 3 rings (SSSR count). The maximum Gasteiger partial charge on any atom is 0.303 e. The molecule has 5 unspecified atom stereocenters. The topological polar surface area (TPSA) is 98.0 Å². The molecule has 0 saturated heterocycles. The zero-order valence-corrected chi connectivity index (χ0v) is 18.5. The minimum absolute atomic E-state index is 0.100. The van der Waals surface area contributed by atoms with Crippen molar-refractivity contribution in [2.45, 2.75) is 63.3 Å². The Morgan fingerprint density at radius 2 is 2.00 bits per heavy atom. The Morgan fingerprint density at radius 3 is 2.77 bits per heavy atom. The number of allylic oxidation sites excluding steroid dienone is 2. The summed E-state index contributed by atoms with van der Waals surface area (Å²) in [4.78, 5) is 11.8. The van der Waals surface area contributed by atoms with E-state index in [4.69, 9.17) is 5.11 Å². The summed E-state index contributed by atoms with van der Waals surface area (Å²) in [6, 6.07) is 10.4. The number of hydrogen-bond acceptors (Lipinski definition) is 5. The van der Waals surface area contributed by atoms with Gasteiger partial charge in [0.05, 0.1) is 18.3 Å². The highest BCUT2D eigenvalue weighted by Gasteiger charge is 2.39. The van der Waals surface area contributed by atoms with Crippen LogP contribution >= 0.6 is 11.3 Å². The Labute approximate surface area is 187 Å².